The Morgan fingerprint density at radius 1 is 0.676 bits per heavy atom. The van der Waals surface area contributed by atoms with E-state index in [0.717, 1.165) is 22.3 Å². The van der Waals surface area contributed by atoms with Crippen molar-refractivity contribution in [2.24, 2.45) is 0 Å². The summed E-state index contributed by atoms with van der Waals surface area (Å²) >= 11 is 0. The molecular weight excluding hydrogens is 444 g/mol. The molecule has 5 nitrogen and oxygen atoms in total. The van der Waals surface area contributed by atoms with Crippen molar-refractivity contribution in [1.29, 1.82) is 0 Å². The molecule has 4 aromatic rings. The van der Waals surface area contributed by atoms with E-state index in [2.05, 4.69) is 10.0 Å². The fourth-order valence-corrected chi connectivity index (χ4v) is 4.66. The van der Waals surface area contributed by atoms with Gasteiger partial charge in [-0.2, -0.15) is 0 Å². The Bertz CT molecular complexity index is 1360. The minimum Gasteiger partial charge on any atom is -0.341 e. The van der Waals surface area contributed by atoms with Gasteiger partial charge in [-0.15, -0.1) is 0 Å². The Hall–Kier alpha value is -3.90. The second-order valence-electron chi connectivity index (χ2n) is 8.22. The highest BCUT2D eigenvalue weighted by Gasteiger charge is 2.18. The van der Waals surface area contributed by atoms with E-state index in [1.165, 1.54) is 0 Å². The number of hydrogen-bond donors (Lipinski definition) is 2. The van der Waals surface area contributed by atoms with Crippen LogP contribution in [0.5, 0.6) is 0 Å². The predicted octanol–water partition coefficient (Wildman–Crippen LogP) is 5.62. The van der Waals surface area contributed by atoms with Gasteiger partial charge in [0.1, 0.15) is 0 Å². The van der Waals surface area contributed by atoms with Crippen LogP contribution in [0.2, 0.25) is 0 Å². The lowest BCUT2D eigenvalue weighted by Crippen LogP contribution is -2.29. The molecule has 0 heterocycles. The number of sulfonamides is 1. The van der Waals surface area contributed by atoms with Crippen molar-refractivity contribution in [2.75, 3.05) is 4.72 Å². The summed E-state index contributed by atoms with van der Waals surface area (Å²) in [5.74, 6) is -0.248. The zero-order chi connectivity index (χ0) is 24.1. The molecule has 0 aromatic heterocycles. The Morgan fingerprint density at radius 2 is 1.21 bits per heavy atom. The standard InChI is InChI=1S/C28H26N2O3S/c1-20-8-12-23(13-9-20)27(22-6-4-3-5-7-22)29-28(31)24-14-16-25(17-15-24)30-34(32,33)26-18-10-21(2)11-19-26/h3-19,27,30H,1-2H3,(H,29,31). The van der Waals surface area contributed by atoms with Crippen LogP contribution in [0, 0.1) is 13.8 Å². The number of rotatable bonds is 7. The molecule has 0 bridgehead atoms. The lowest BCUT2D eigenvalue weighted by atomic mass is 9.97. The Labute approximate surface area is 200 Å². The van der Waals surface area contributed by atoms with Crippen molar-refractivity contribution in [3.05, 3.63) is 131 Å². The van der Waals surface area contributed by atoms with Gasteiger partial charge in [0.05, 0.1) is 10.9 Å². The Kier molecular flexibility index (Phi) is 6.80. The summed E-state index contributed by atoms with van der Waals surface area (Å²) < 4.78 is 27.8. The third-order valence-electron chi connectivity index (χ3n) is 5.55. The summed E-state index contributed by atoms with van der Waals surface area (Å²) in [7, 11) is -3.71. The second kappa shape index (κ2) is 9.93. The fraction of sp³-hybridized carbons (Fsp3) is 0.107. The van der Waals surface area contributed by atoms with Gasteiger partial charge in [0.2, 0.25) is 0 Å². The van der Waals surface area contributed by atoms with E-state index in [0.29, 0.717) is 11.3 Å². The summed E-state index contributed by atoms with van der Waals surface area (Å²) in [4.78, 5) is 13.3. The molecule has 1 atom stereocenters. The molecule has 0 aliphatic carbocycles. The first-order valence-corrected chi connectivity index (χ1v) is 12.4. The third kappa shape index (κ3) is 5.53. The van der Waals surface area contributed by atoms with E-state index in [1.807, 2.05) is 68.4 Å². The van der Waals surface area contributed by atoms with E-state index in [1.54, 1.807) is 48.5 Å². The number of nitrogens with one attached hydrogen (secondary N) is 2. The molecule has 34 heavy (non-hydrogen) atoms. The minimum absolute atomic E-state index is 0.184. The van der Waals surface area contributed by atoms with Crippen LogP contribution in [-0.2, 0) is 10.0 Å². The number of aryl methyl sites for hydroxylation is 2. The van der Waals surface area contributed by atoms with E-state index in [-0.39, 0.29) is 16.8 Å². The summed E-state index contributed by atoms with van der Waals surface area (Å²) in [6, 6.07) is 30.6. The molecule has 4 aromatic carbocycles. The normalized spacial score (nSPS) is 12.1. The fourth-order valence-electron chi connectivity index (χ4n) is 3.60. The topological polar surface area (TPSA) is 75.3 Å². The largest absolute Gasteiger partial charge is 0.341 e. The summed E-state index contributed by atoms with van der Waals surface area (Å²) in [5.41, 5.74) is 4.90. The van der Waals surface area contributed by atoms with Crippen LogP contribution < -0.4 is 10.0 Å². The molecule has 2 N–H and O–H groups in total. The minimum atomic E-state index is -3.71. The van der Waals surface area contributed by atoms with Crippen LogP contribution in [0.1, 0.15) is 38.7 Å². The molecule has 0 radical (unpaired) electrons. The van der Waals surface area contributed by atoms with Crippen LogP contribution in [0.15, 0.2) is 108 Å². The smallest absolute Gasteiger partial charge is 0.261 e. The third-order valence-corrected chi connectivity index (χ3v) is 6.95. The maximum atomic E-state index is 13.1. The summed E-state index contributed by atoms with van der Waals surface area (Å²) in [6.07, 6.45) is 0. The van der Waals surface area contributed by atoms with E-state index >= 15 is 0 Å². The highest BCUT2D eigenvalue weighted by atomic mass is 32.2. The molecule has 172 valence electrons. The zero-order valence-electron chi connectivity index (χ0n) is 19.0. The van der Waals surface area contributed by atoms with Crippen LogP contribution in [0.25, 0.3) is 0 Å². The van der Waals surface area contributed by atoms with Crippen molar-refractivity contribution in [1.82, 2.24) is 5.32 Å². The van der Waals surface area contributed by atoms with E-state index < -0.39 is 10.0 Å². The van der Waals surface area contributed by atoms with Crippen molar-refractivity contribution < 1.29 is 13.2 Å². The molecule has 1 amide bonds. The van der Waals surface area contributed by atoms with E-state index in [4.69, 9.17) is 0 Å². The monoisotopic (exact) mass is 470 g/mol. The second-order valence-corrected chi connectivity index (χ2v) is 9.91. The van der Waals surface area contributed by atoms with Gasteiger partial charge in [-0.3, -0.25) is 9.52 Å². The van der Waals surface area contributed by atoms with Crippen molar-refractivity contribution >= 4 is 21.6 Å². The highest BCUT2D eigenvalue weighted by Crippen LogP contribution is 2.24. The number of carbonyl (C=O) groups excluding carboxylic acids is 1. The SMILES string of the molecule is Cc1ccc(C(NC(=O)c2ccc(NS(=O)(=O)c3ccc(C)cc3)cc2)c2ccccc2)cc1. The van der Waals surface area contributed by atoms with Crippen LogP contribution in [0.3, 0.4) is 0 Å². The number of carbonyl (C=O) groups is 1. The summed E-state index contributed by atoms with van der Waals surface area (Å²) in [5, 5.41) is 3.11. The maximum Gasteiger partial charge on any atom is 0.261 e. The van der Waals surface area contributed by atoms with Crippen LogP contribution in [-0.4, -0.2) is 14.3 Å². The average Bonchev–Trinajstić information content (AvgIpc) is 2.84. The van der Waals surface area contributed by atoms with E-state index in [9.17, 15) is 13.2 Å². The van der Waals surface area contributed by atoms with Crippen molar-refractivity contribution in [2.45, 2.75) is 24.8 Å². The predicted molar refractivity (Wildman–Crippen MR) is 135 cm³/mol. The van der Waals surface area contributed by atoms with Crippen LogP contribution >= 0.6 is 0 Å². The molecule has 6 heteroatoms. The molecule has 0 saturated carbocycles. The van der Waals surface area contributed by atoms with Crippen molar-refractivity contribution in [3.8, 4) is 0 Å². The van der Waals surface area contributed by atoms with Gasteiger partial charge < -0.3 is 5.32 Å². The van der Waals surface area contributed by atoms with Gasteiger partial charge in [-0.05, 0) is 61.4 Å². The molecule has 0 aliphatic heterocycles. The highest BCUT2D eigenvalue weighted by molar-refractivity contribution is 7.92. The number of hydrogen-bond acceptors (Lipinski definition) is 3. The maximum absolute atomic E-state index is 13.1. The van der Waals surface area contributed by atoms with Gasteiger partial charge in [-0.25, -0.2) is 8.42 Å². The van der Waals surface area contributed by atoms with Crippen molar-refractivity contribution in [3.63, 3.8) is 0 Å². The average molecular weight is 471 g/mol. The number of benzene rings is 4. The molecule has 0 fully saturated rings. The molecule has 0 saturated heterocycles. The Morgan fingerprint density at radius 3 is 1.79 bits per heavy atom. The van der Waals surface area contributed by atoms with Gasteiger partial charge in [0.15, 0.2) is 0 Å². The first kappa shape index (κ1) is 23.3. The molecular formula is C28H26N2O3S. The number of anilines is 1. The Balaban J connectivity index is 1.52. The van der Waals surface area contributed by atoms with Crippen LogP contribution in [0.4, 0.5) is 5.69 Å². The van der Waals surface area contributed by atoms with Gasteiger partial charge in [0.25, 0.3) is 15.9 Å². The zero-order valence-corrected chi connectivity index (χ0v) is 19.8. The lowest BCUT2D eigenvalue weighted by Gasteiger charge is -2.20. The molecule has 1 unspecified atom stereocenters. The molecule has 0 spiro atoms. The summed E-state index contributed by atoms with van der Waals surface area (Å²) in [6.45, 7) is 3.92. The van der Waals surface area contributed by atoms with Gasteiger partial charge in [-0.1, -0.05) is 77.9 Å². The van der Waals surface area contributed by atoms with Gasteiger partial charge >= 0.3 is 0 Å². The lowest BCUT2D eigenvalue weighted by molar-refractivity contribution is 0.0943. The molecule has 4 rings (SSSR count). The molecule has 0 aliphatic rings. The number of amides is 1. The quantitative estimate of drug-likeness (QED) is 0.368. The first-order valence-electron chi connectivity index (χ1n) is 10.9. The first-order chi connectivity index (χ1) is 16.3. The van der Waals surface area contributed by atoms with Gasteiger partial charge in [0, 0.05) is 11.3 Å².